The average Bonchev–Trinajstić information content (AvgIpc) is 2.35. The molecule has 0 aliphatic heterocycles. The second kappa shape index (κ2) is 9.14. The lowest BCUT2D eigenvalue weighted by Gasteiger charge is -2.13. The summed E-state index contributed by atoms with van der Waals surface area (Å²) in [6.45, 7) is 10.1. The van der Waals surface area contributed by atoms with Crippen LogP contribution in [0.1, 0.15) is 31.3 Å². The molecule has 0 atom stereocenters. The molecule has 0 bridgehead atoms. The van der Waals surface area contributed by atoms with Gasteiger partial charge in [-0.3, -0.25) is 0 Å². The first-order chi connectivity index (χ1) is 8.46. The summed E-state index contributed by atoms with van der Waals surface area (Å²) >= 11 is 10.9. The molecule has 102 valence electrons. The topological polar surface area (TPSA) is 53.4 Å². The number of hydrogen-bond acceptors (Lipinski definition) is 3. The van der Waals surface area contributed by atoms with Gasteiger partial charge >= 0.3 is 5.97 Å². The molecular weight excluding hydrogens is 275 g/mol. The number of nitrogens with zero attached hydrogens (tertiary/aromatic N) is 2. The van der Waals surface area contributed by atoms with Gasteiger partial charge in [0.15, 0.2) is 5.69 Å². The van der Waals surface area contributed by atoms with Crippen LogP contribution in [0.5, 0.6) is 0 Å². The molecule has 1 aromatic heterocycles. The summed E-state index contributed by atoms with van der Waals surface area (Å²) in [5.41, 5.74) is -0.223. The zero-order valence-electron chi connectivity index (χ0n) is 10.8. The Labute approximate surface area is 118 Å². The molecule has 0 saturated carbocycles. The minimum atomic E-state index is -1.18. The molecule has 18 heavy (non-hydrogen) atoms. The van der Waals surface area contributed by atoms with Gasteiger partial charge in [-0.1, -0.05) is 44.0 Å². The van der Waals surface area contributed by atoms with Crippen molar-refractivity contribution in [1.29, 1.82) is 0 Å². The summed E-state index contributed by atoms with van der Waals surface area (Å²) in [6.07, 6.45) is 0. The summed E-state index contributed by atoms with van der Waals surface area (Å²) in [4.78, 5) is 16.2. The predicted molar refractivity (Wildman–Crippen MR) is 74.7 cm³/mol. The first-order valence-electron chi connectivity index (χ1n) is 5.73. The van der Waals surface area contributed by atoms with Crippen LogP contribution < -0.4 is 0 Å². The minimum Gasteiger partial charge on any atom is -0.476 e. The van der Waals surface area contributed by atoms with E-state index in [1.807, 2.05) is 0 Å². The summed E-state index contributed by atoms with van der Waals surface area (Å²) in [6, 6.07) is 2.82. The Kier molecular flexibility index (Phi) is 8.71. The lowest BCUT2D eigenvalue weighted by molar-refractivity contribution is 0.0690. The molecule has 0 saturated heterocycles. The number of aromatic carboxylic acids is 1. The van der Waals surface area contributed by atoms with Gasteiger partial charge in [0.05, 0.1) is 5.02 Å². The molecule has 1 rings (SSSR count). The smallest absolute Gasteiger partial charge is 0.356 e. The molecule has 0 unspecified atom stereocenters. The molecule has 0 aliphatic rings. The molecule has 0 fully saturated rings. The lowest BCUT2D eigenvalue weighted by atomic mass is 10.3. The van der Waals surface area contributed by atoms with Gasteiger partial charge in [-0.25, -0.2) is 9.78 Å². The highest BCUT2D eigenvalue weighted by Crippen LogP contribution is 2.16. The van der Waals surface area contributed by atoms with E-state index in [0.29, 0.717) is 0 Å². The van der Waals surface area contributed by atoms with Gasteiger partial charge in [0, 0.05) is 0 Å². The van der Waals surface area contributed by atoms with Crippen LogP contribution in [0.2, 0.25) is 10.2 Å². The van der Waals surface area contributed by atoms with Crippen molar-refractivity contribution in [2.45, 2.75) is 20.8 Å². The minimum absolute atomic E-state index is 0.0851. The van der Waals surface area contributed by atoms with Gasteiger partial charge in [-0.15, -0.1) is 0 Å². The first-order valence-corrected chi connectivity index (χ1v) is 6.49. The van der Waals surface area contributed by atoms with Gasteiger partial charge in [0.2, 0.25) is 0 Å². The largest absolute Gasteiger partial charge is 0.476 e. The van der Waals surface area contributed by atoms with E-state index in [9.17, 15) is 4.79 Å². The zero-order chi connectivity index (χ0) is 14.1. The highest BCUT2D eigenvalue weighted by molar-refractivity contribution is 6.34. The molecule has 0 radical (unpaired) electrons. The molecule has 0 amide bonds. The van der Waals surface area contributed by atoms with Crippen LogP contribution in [0.4, 0.5) is 0 Å². The van der Waals surface area contributed by atoms with E-state index in [1.165, 1.54) is 31.8 Å². The second-order valence-corrected chi connectivity index (χ2v) is 4.18. The second-order valence-electron chi connectivity index (χ2n) is 3.39. The zero-order valence-corrected chi connectivity index (χ0v) is 12.3. The van der Waals surface area contributed by atoms with Gasteiger partial charge in [-0.2, -0.15) is 0 Å². The van der Waals surface area contributed by atoms with Crippen LogP contribution in [-0.4, -0.2) is 40.6 Å². The fourth-order valence-electron chi connectivity index (χ4n) is 1.24. The van der Waals surface area contributed by atoms with Crippen molar-refractivity contribution in [1.82, 2.24) is 9.88 Å². The van der Waals surface area contributed by atoms with E-state index in [2.05, 4.69) is 30.7 Å². The Morgan fingerprint density at radius 3 is 2.00 bits per heavy atom. The third-order valence-corrected chi connectivity index (χ3v) is 2.87. The Bertz CT molecular complexity index is 377. The van der Waals surface area contributed by atoms with Crippen molar-refractivity contribution in [3.05, 3.63) is 28.0 Å². The predicted octanol–water partition coefficient (Wildman–Crippen LogP) is 3.43. The third kappa shape index (κ3) is 6.19. The fraction of sp³-hybridized carbons (Fsp3) is 0.500. The molecule has 1 aromatic rings. The number of pyridine rings is 1. The molecule has 0 aromatic carbocycles. The van der Waals surface area contributed by atoms with Crippen LogP contribution in [0.3, 0.4) is 0 Å². The van der Waals surface area contributed by atoms with Crippen molar-refractivity contribution in [2.24, 2.45) is 0 Å². The molecule has 6 heteroatoms. The van der Waals surface area contributed by atoms with E-state index >= 15 is 0 Å². The molecule has 4 nitrogen and oxygen atoms in total. The summed E-state index contributed by atoms with van der Waals surface area (Å²) in [5.74, 6) is -1.18. The van der Waals surface area contributed by atoms with Gasteiger partial charge in [0.25, 0.3) is 0 Å². The van der Waals surface area contributed by atoms with E-state index in [0.717, 1.165) is 0 Å². The molecule has 1 N–H and O–H groups in total. The van der Waals surface area contributed by atoms with Crippen molar-refractivity contribution in [3.8, 4) is 0 Å². The average molecular weight is 293 g/mol. The fourth-order valence-corrected chi connectivity index (χ4v) is 1.57. The van der Waals surface area contributed by atoms with Crippen molar-refractivity contribution in [3.63, 3.8) is 0 Å². The van der Waals surface area contributed by atoms with Crippen LogP contribution in [0, 0.1) is 0 Å². The number of halogens is 2. The molecule has 0 spiro atoms. The third-order valence-electron chi connectivity index (χ3n) is 2.36. The quantitative estimate of drug-likeness (QED) is 0.864. The highest BCUT2D eigenvalue weighted by Gasteiger charge is 2.09. The maximum Gasteiger partial charge on any atom is 0.356 e. The van der Waals surface area contributed by atoms with Crippen LogP contribution in [-0.2, 0) is 0 Å². The summed E-state index contributed by atoms with van der Waals surface area (Å²) in [7, 11) is 0. The first kappa shape index (κ1) is 17.2. The number of carboxylic acid groups (broad SMARTS) is 1. The Morgan fingerprint density at radius 2 is 1.72 bits per heavy atom. The van der Waals surface area contributed by atoms with Crippen molar-refractivity contribution in [2.75, 3.05) is 19.6 Å². The van der Waals surface area contributed by atoms with Crippen LogP contribution >= 0.6 is 23.2 Å². The standard InChI is InChI=1S/C6H3Cl2NO2.C6H15N/c7-3-1-2-4(8)9-5(3)6(10)11;1-4-7(5-2)6-3/h1-2H,(H,10,11);4-6H2,1-3H3. The SMILES string of the molecule is CCN(CC)CC.O=C(O)c1nc(Cl)ccc1Cl. The summed E-state index contributed by atoms with van der Waals surface area (Å²) in [5, 5.41) is 8.69. The maximum absolute atomic E-state index is 10.4. The molecule has 0 aliphatic carbocycles. The monoisotopic (exact) mass is 292 g/mol. The van der Waals surface area contributed by atoms with Crippen molar-refractivity contribution >= 4 is 29.2 Å². The summed E-state index contributed by atoms with van der Waals surface area (Å²) < 4.78 is 0. The van der Waals surface area contributed by atoms with E-state index < -0.39 is 5.97 Å². The van der Waals surface area contributed by atoms with Crippen LogP contribution in [0.25, 0.3) is 0 Å². The molecular formula is C12H18Cl2N2O2. The highest BCUT2D eigenvalue weighted by atomic mass is 35.5. The number of aromatic nitrogens is 1. The Morgan fingerprint density at radius 1 is 1.22 bits per heavy atom. The van der Waals surface area contributed by atoms with Gasteiger partial charge in [0.1, 0.15) is 5.15 Å². The van der Waals surface area contributed by atoms with Gasteiger partial charge in [-0.05, 0) is 31.8 Å². The number of carbonyl (C=O) groups is 1. The normalized spacial score (nSPS) is 9.89. The van der Waals surface area contributed by atoms with E-state index in [1.54, 1.807) is 0 Å². The van der Waals surface area contributed by atoms with E-state index in [-0.39, 0.29) is 15.9 Å². The number of hydrogen-bond donors (Lipinski definition) is 1. The number of carboxylic acids is 1. The van der Waals surface area contributed by atoms with E-state index in [4.69, 9.17) is 28.3 Å². The Balaban J connectivity index is 0.000000360. The molecule has 1 heterocycles. The van der Waals surface area contributed by atoms with Gasteiger partial charge < -0.3 is 10.0 Å². The van der Waals surface area contributed by atoms with Crippen LogP contribution in [0.15, 0.2) is 12.1 Å². The maximum atomic E-state index is 10.4. The number of rotatable bonds is 4. The lowest BCUT2D eigenvalue weighted by Crippen LogP contribution is -2.21. The Hall–Kier alpha value is -0.840. The van der Waals surface area contributed by atoms with Crippen molar-refractivity contribution < 1.29 is 9.90 Å².